The number of nitrogen functional groups attached to an aromatic ring is 1. The van der Waals surface area contributed by atoms with Crippen LogP contribution in [0.25, 0.3) is 0 Å². The third kappa shape index (κ3) is 2.99. The molecular weight excluding hydrogens is 237 g/mol. The number of rotatable bonds is 2. The lowest BCUT2D eigenvalue weighted by molar-refractivity contribution is 0.0857. The fourth-order valence-corrected chi connectivity index (χ4v) is 1.46. The van der Waals surface area contributed by atoms with Crippen LogP contribution in [-0.4, -0.2) is 25.0 Å². The Morgan fingerprint density at radius 2 is 2.00 bits per heavy atom. The fraction of sp³-hybridized carbons (Fsp3) is 0.222. The Labute approximate surface area is 97.9 Å². The van der Waals surface area contributed by atoms with Crippen LogP contribution >= 0.6 is 23.2 Å². The number of carbonyl (C=O) groups is 1. The molecule has 0 atom stereocenters. The molecule has 0 aliphatic rings. The maximum atomic E-state index is 11.6. The van der Waals surface area contributed by atoms with Crippen molar-refractivity contribution in [1.29, 1.82) is 0 Å². The van der Waals surface area contributed by atoms with Gasteiger partial charge in [-0.2, -0.15) is 0 Å². The van der Waals surface area contributed by atoms with E-state index in [1.807, 2.05) is 0 Å². The van der Waals surface area contributed by atoms with Crippen LogP contribution in [0.15, 0.2) is 12.1 Å². The highest BCUT2D eigenvalue weighted by molar-refractivity contribution is 6.44. The van der Waals surface area contributed by atoms with Crippen LogP contribution in [0.1, 0.15) is 10.4 Å². The van der Waals surface area contributed by atoms with Gasteiger partial charge in [0.25, 0.3) is 5.91 Å². The number of hydrogen-bond donors (Lipinski definition) is 2. The predicted molar refractivity (Wildman–Crippen MR) is 62.0 cm³/mol. The van der Waals surface area contributed by atoms with Crippen molar-refractivity contribution in [2.75, 3.05) is 19.8 Å². The number of nitrogens with zero attached hydrogens (tertiary/aromatic N) is 1. The average molecular weight is 248 g/mol. The van der Waals surface area contributed by atoms with Gasteiger partial charge in [0.1, 0.15) is 0 Å². The number of hydrogen-bond acceptors (Lipinski definition) is 3. The molecule has 0 unspecified atom stereocenters. The summed E-state index contributed by atoms with van der Waals surface area (Å²) in [5.74, 6) is -0.348. The first-order valence-electron chi connectivity index (χ1n) is 4.14. The lowest BCUT2D eigenvalue weighted by Gasteiger charge is -2.13. The van der Waals surface area contributed by atoms with Gasteiger partial charge in [-0.25, -0.2) is 5.01 Å². The molecule has 15 heavy (non-hydrogen) atoms. The molecule has 0 heterocycles. The predicted octanol–water partition coefficient (Wildman–Crippen LogP) is 1.78. The number of anilines is 1. The van der Waals surface area contributed by atoms with Gasteiger partial charge in [0.2, 0.25) is 0 Å². The molecular formula is C9H11Cl2N3O. The summed E-state index contributed by atoms with van der Waals surface area (Å²) in [5, 5.41) is 1.97. The minimum atomic E-state index is -0.348. The van der Waals surface area contributed by atoms with Crippen LogP contribution in [0.3, 0.4) is 0 Å². The summed E-state index contributed by atoms with van der Waals surface area (Å²) in [7, 11) is 3.39. The van der Waals surface area contributed by atoms with Gasteiger partial charge in [-0.1, -0.05) is 23.2 Å². The Morgan fingerprint density at radius 1 is 1.40 bits per heavy atom. The molecule has 0 spiro atoms. The van der Waals surface area contributed by atoms with E-state index in [2.05, 4.69) is 5.43 Å². The minimum absolute atomic E-state index is 0.199. The molecule has 0 bridgehead atoms. The fourth-order valence-electron chi connectivity index (χ4n) is 1.04. The van der Waals surface area contributed by atoms with Crippen LogP contribution in [0.2, 0.25) is 10.0 Å². The zero-order chi connectivity index (χ0) is 11.6. The normalized spacial score (nSPS) is 10.5. The second-order valence-corrected chi connectivity index (χ2v) is 3.98. The first-order valence-corrected chi connectivity index (χ1v) is 4.90. The molecule has 0 aliphatic heterocycles. The molecule has 1 aromatic carbocycles. The van der Waals surface area contributed by atoms with Gasteiger partial charge in [0.05, 0.1) is 15.6 Å². The van der Waals surface area contributed by atoms with E-state index in [-0.39, 0.29) is 21.5 Å². The van der Waals surface area contributed by atoms with Gasteiger partial charge in [-0.05, 0) is 12.1 Å². The van der Waals surface area contributed by atoms with Gasteiger partial charge in [0, 0.05) is 19.8 Å². The lowest BCUT2D eigenvalue weighted by Crippen LogP contribution is -2.36. The average Bonchev–Trinajstić information content (AvgIpc) is 2.09. The smallest absolute Gasteiger partial charge is 0.267 e. The van der Waals surface area contributed by atoms with Crippen LogP contribution in [0, 0.1) is 0 Å². The first kappa shape index (κ1) is 12.1. The van der Waals surface area contributed by atoms with Crippen molar-refractivity contribution in [2.24, 2.45) is 0 Å². The van der Waals surface area contributed by atoms with E-state index in [0.29, 0.717) is 5.69 Å². The number of carbonyl (C=O) groups excluding carboxylic acids is 1. The summed E-state index contributed by atoms with van der Waals surface area (Å²) in [6.07, 6.45) is 0. The molecule has 1 aromatic rings. The van der Waals surface area contributed by atoms with Crippen LogP contribution in [0.4, 0.5) is 5.69 Å². The van der Waals surface area contributed by atoms with Gasteiger partial charge in [-0.15, -0.1) is 0 Å². The highest BCUT2D eigenvalue weighted by atomic mass is 35.5. The Kier molecular flexibility index (Phi) is 3.79. The topological polar surface area (TPSA) is 58.4 Å². The van der Waals surface area contributed by atoms with Crippen molar-refractivity contribution in [1.82, 2.24) is 10.4 Å². The van der Waals surface area contributed by atoms with Gasteiger partial charge in [-0.3, -0.25) is 10.2 Å². The molecule has 0 radical (unpaired) electrons. The van der Waals surface area contributed by atoms with Crippen molar-refractivity contribution in [2.45, 2.75) is 0 Å². The molecule has 4 nitrogen and oxygen atoms in total. The van der Waals surface area contributed by atoms with Crippen LogP contribution in [-0.2, 0) is 0 Å². The van der Waals surface area contributed by atoms with E-state index in [1.165, 1.54) is 17.1 Å². The third-order valence-corrected chi connectivity index (χ3v) is 2.42. The lowest BCUT2D eigenvalue weighted by atomic mass is 10.2. The molecule has 82 valence electrons. The Morgan fingerprint density at radius 3 is 2.53 bits per heavy atom. The molecule has 3 N–H and O–H groups in total. The van der Waals surface area contributed by atoms with Crippen molar-refractivity contribution < 1.29 is 4.79 Å². The molecule has 0 aromatic heterocycles. The summed E-state index contributed by atoms with van der Waals surface area (Å²) in [5.41, 5.74) is 8.77. The molecule has 1 amide bonds. The van der Waals surface area contributed by atoms with E-state index >= 15 is 0 Å². The maximum absolute atomic E-state index is 11.6. The second kappa shape index (κ2) is 4.70. The SMILES string of the molecule is CN(C)NC(=O)c1cc(N)cc(Cl)c1Cl. The number of hydrazine groups is 1. The summed E-state index contributed by atoms with van der Waals surface area (Å²) in [6, 6.07) is 2.98. The van der Waals surface area contributed by atoms with Crippen molar-refractivity contribution in [3.8, 4) is 0 Å². The molecule has 6 heteroatoms. The number of benzene rings is 1. The Hall–Kier alpha value is -0.970. The van der Waals surface area contributed by atoms with Crippen molar-refractivity contribution >= 4 is 34.8 Å². The summed E-state index contributed by atoms with van der Waals surface area (Å²) in [6.45, 7) is 0. The molecule has 0 aliphatic carbocycles. The highest BCUT2D eigenvalue weighted by Gasteiger charge is 2.14. The molecule has 0 saturated heterocycles. The maximum Gasteiger partial charge on any atom is 0.267 e. The van der Waals surface area contributed by atoms with Gasteiger partial charge in [0.15, 0.2) is 0 Å². The zero-order valence-corrected chi connectivity index (χ0v) is 9.86. The minimum Gasteiger partial charge on any atom is -0.399 e. The molecule has 0 fully saturated rings. The van der Waals surface area contributed by atoms with Gasteiger partial charge < -0.3 is 5.73 Å². The van der Waals surface area contributed by atoms with Crippen molar-refractivity contribution in [3.05, 3.63) is 27.7 Å². The Bertz CT molecular complexity index is 393. The largest absolute Gasteiger partial charge is 0.399 e. The van der Waals surface area contributed by atoms with E-state index in [1.54, 1.807) is 14.1 Å². The summed E-state index contributed by atoms with van der Waals surface area (Å²) >= 11 is 11.7. The number of halogens is 2. The van der Waals surface area contributed by atoms with E-state index in [0.717, 1.165) is 0 Å². The second-order valence-electron chi connectivity index (χ2n) is 3.20. The van der Waals surface area contributed by atoms with E-state index in [9.17, 15) is 4.79 Å². The summed E-state index contributed by atoms with van der Waals surface area (Å²) in [4.78, 5) is 11.6. The highest BCUT2D eigenvalue weighted by Crippen LogP contribution is 2.28. The number of amides is 1. The Balaban J connectivity index is 3.08. The van der Waals surface area contributed by atoms with E-state index < -0.39 is 0 Å². The van der Waals surface area contributed by atoms with E-state index in [4.69, 9.17) is 28.9 Å². The molecule has 1 rings (SSSR count). The van der Waals surface area contributed by atoms with Gasteiger partial charge >= 0.3 is 0 Å². The standard InChI is InChI=1S/C9H11Cl2N3O/c1-14(2)13-9(15)6-3-5(12)4-7(10)8(6)11/h3-4H,12H2,1-2H3,(H,13,15). The molecule has 0 saturated carbocycles. The third-order valence-electron chi connectivity index (χ3n) is 1.62. The monoisotopic (exact) mass is 247 g/mol. The van der Waals surface area contributed by atoms with Crippen molar-refractivity contribution in [3.63, 3.8) is 0 Å². The zero-order valence-electron chi connectivity index (χ0n) is 8.34. The number of nitrogens with two attached hydrogens (primary N) is 1. The van der Waals surface area contributed by atoms with Crippen LogP contribution < -0.4 is 11.2 Å². The summed E-state index contributed by atoms with van der Waals surface area (Å²) < 4.78 is 0. The quantitative estimate of drug-likeness (QED) is 0.619. The van der Waals surface area contributed by atoms with Crippen LogP contribution in [0.5, 0.6) is 0 Å². The number of nitrogens with one attached hydrogen (secondary N) is 1. The first-order chi connectivity index (χ1) is 6.91.